The van der Waals surface area contributed by atoms with Gasteiger partial charge in [0, 0.05) is 27.4 Å². The molecule has 2 aromatic heterocycles. The van der Waals surface area contributed by atoms with Crippen molar-refractivity contribution in [3.63, 3.8) is 0 Å². The van der Waals surface area contributed by atoms with Crippen LogP contribution in [-0.2, 0) is 0 Å². The van der Waals surface area contributed by atoms with E-state index in [1.54, 1.807) is 0 Å². The van der Waals surface area contributed by atoms with E-state index < -0.39 is 0 Å². The standard InChI is InChI=1S/C49H28N4/c1-50-31-24-25-34-40-27-30(23-26-45(40)53(46(34)28-31)32-13-3-2-4-14-32)47-35-16-6-8-18-37(35)48(38-19-9-7-17-36(38)47)41-29-44-49(39-20-10-5-15-33(39)41)52-43-22-12-11-21-42(43)51-44/h2-29H. The second-order valence-corrected chi connectivity index (χ2v) is 13.6. The predicted octanol–water partition coefficient (Wildman–Crippen LogP) is 13.2. The number of fused-ring (bicyclic) bond motifs is 9. The van der Waals surface area contributed by atoms with Crippen LogP contribution in [0, 0.1) is 6.57 Å². The van der Waals surface area contributed by atoms with Gasteiger partial charge in [0.15, 0.2) is 5.69 Å². The second kappa shape index (κ2) is 11.3. The first-order valence-corrected chi connectivity index (χ1v) is 17.8. The minimum Gasteiger partial charge on any atom is -0.311 e. The Labute approximate surface area is 304 Å². The lowest BCUT2D eigenvalue weighted by atomic mass is 9.84. The molecule has 0 aliphatic rings. The van der Waals surface area contributed by atoms with Crippen molar-refractivity contribution < 1.29 is 0 Å². The highest BCUT2D eigenvalue weighted by molar-refractivity contribution is 6.26. The van der Waals surface area contributed by atoms with Crippen LogP contribution in [0.1, 0.15) is 0 Å². The molecular formula is C49H28N4. The van der Waals surface area contributed by atoms with Crippen LogP contribution in [0.5, 0.6) is 0 Å². The van der Waals surface area contributed by atoms with E-state index in [2.05, 4.69) is 137 Å². The predicted molar refractivity (Wildman–Crippen MR) is 221 cm³/mol. The van der Waals surface area contributed by atoms with Gasteiger partial charge in [-0.1, -0.05) is 121 Å². The first-order valence-electron chi connectivity index (χ1n) is 17.8. The van der Waals surface area contributed by atoms with Gasteiger partial charge < -0.3 is 4.57 Å². The Morgan fingerprint density at radius 1 is 0.415 bits per heavy atom. The van der Waals surface area contributed by atoms with E-state index in [-0.39, 0.29) is 0 Å². The number of para-hydroxylation sites is 3. The molecule has 0 aliphatic carbocycles. The fourth-order valence-corrected chi connectivity index (χ4v) is 8.48. The van der Waals surface area contributed by atoms with Crippen LogP contribution in [0.3, 0.4) is 0 Å². The number of nitrogens with zero attached hydrogens (tertiary/aromatic N) is 4. The molecule has 11 rings (SSSR count). The minimum atomic E-state index is 0.630. The minimum absolute atomic E-state index is 0.630. The third-order valence-electron chi connectivity index (χ3n) is 10.7. The maximum Gasteiger partial charge on any atom is 0.189 e. The van der Waals surface area contributed by atoms with Crippen LogP contribution in [0.4, 0.5) is 5.69 Å². The van der Waals surface area contributed by atoms with Crippen LogP contribution in [0.2, 0.25) is 0 Å². The van der Waals surface area contributed by atoms with Gasteiger partial charge in [-0.25, -0.2) is 14.8 Å². The van der Waals surface area contributed by atoms with Crippen LogP contribution < -0.4 is 0 Å². The highest BCUT2D eigenvalue weighted by Gasteiger charge is 2.21. The molecule has 4 nitrogen and oxygen atoms in total. The van der Waals surface area contributed by atoms with Gasteiger partial charge in [-0.05, 0) is 97.7 Å². The molecule has 0 saturated heterocycles. The molecule has 0 bridgehead atoms. The molecule has 2 heterocycles. The average molecular weight is 673 g/mol. The summed E-state index contributed by atoms with van der Waals surface area (Å²) in [5.41, 5.74) is 12.1. The van der Waals surface area contributed by atoms with Crippen LogP contribution in [0.15, 0.2) is 170 Å². The van der Waals surface area contributed by atoms with E-state index in [0.717, 1.165) is 71.5 Å². The molecular weight excluding hydrogens is 645 g/mol. The average Bonchev–Trinajstić information content (AvgIpc) is 3.55. The second-order valence-electron chi connectivity index (χ2n) is 13.6. The van der Waals surface area contributed by atoms with E-state index in [0.29, 0.717) is 5.69 Å². The SMILES string of the molecule is [C-]#[N+]c1ccc2c3cc(-c4c5ccccc5c(-c5cc6nc7ccccc7nc6c6ccccc56)c5ccccc45)ccc3n(-c3ccccc3)c2c1. The monoisotopic (exact) mass is 672 g/mol. The first-order chi connectivity index (χ1) is 26.2. The molecule has 0 aliphatic heterocycles. The van der Waals surface area contributed by atoms with Crippen molar-refractivity contribution in [2.24, 2.45) is 0 Å². The summed E-state index contributed by atoms with van der Waals surface area (Å²) in [5, 5.41) is 9.29. The Morgan fingerprint density at radius 3 is 1.72 bits per heavy atom. The Hall–Kier alpha value is -7.35. The smallest absolute Gasteiger partial charge is 0.189 e. The lowest BCUT2D eigenvalue weighted by Crippen LogP contribution is -1.94. The van der Waals surface area contributed by atoms with Crippen LogP contribution >= 0.6 is 0 Å². The molecule has 244 valence electrons. The van der Waals surface area contributed by atoms with E-state index >= 15 is 0 Å². The number of benzene rings is 9. The molecule has 0 atom stereocenters. The summed E-state index contributed by atoms with van der Waals surface area (Å²) in [6.07, 6.45) is 0. The largest absolute Gasteiger partial charge is 0.311 e. The van der Waals surface area contributed by atoms with Crippen molar-refractivity contribution in [1.82, 2.24) is 14.5 Å². The van der Waals surface area contributed by atoms with Gasteiger partial charge in [0.25, 0.3) is 0 Å². The highest BCUT2D eigenvalue weighted by atomic mass is 15.0. The van der Waals surface area contributed by atoms with Gasteiger partial charge in [-0.2, -0.15) is 0 Å². The Kier molecular flexibility index (Phi) is 6.28. The lowest BCUT2D eigenvalue weighted by molar-refractivity contribution is 1.18. The third-order valence-corrected chi connectivity index (χ3v) is 10.7. The molecule has 11 aromatic rings. The summed E-state index contributed by atoms with van der Waals surface area (Å²) in [6.45, 7) is 7.73. The summed E-state index contributed by atoms with van der Waals surface area (Å²) in [5.74, 6) is 0. The lowest BCUT2D eigenvalue weighted by Gasteiger charge is -2.19. The third kappa shape index (κ3) is 4.35. The van der Waals surface area contributed by atoms with Crippen molar-refractivity contribution in [1.29, 1.82) is 0 Å². The van der Waals surface area contributed by atoms with E-state index in [4.69, 9.17) is 16.5 Å². The molecule has 0 amide bonds. The fourth-order valence-electron chi connectivity index (χ4n) is 8.48. The molecule has 0 radical (unpaired) electrons. The number of hydrogen-bond acceptors (Lipinski definition) is 2. The normalized spacial score (nSPS) is 11.8. The van der Waals surface area contributed by atoms with Crippen molar-refractivity contribution in [2.75, 3.05) is 0 Å². The van der Waals surface area contributed by atoms with Gasteiger partial charge >= 0.3 is 0 Å². The van der Waals surface area contributed by atoms with Crippen LogP contribution in [-0.4, -0.2) is 14.5 Å². The molecule has 0 unspecified atom stereocenters. The summed E-state index contributed by atoms with van der Waals surface area (Å²) in [6, 6.07) is 59.9. The fraction of sp³-hybridized carbons (Fsp3) is 0. The van der Waals surface area contributed by atoms with Crippen molar-refractivity contribution in [2.45, 2.75) is 0 Å². The van der Waals surface area contributed by atoms with Crippen molar-refractivity contribution in [3.05, 3.63) is 181 Å². The van der Waals surface area contributed by atoms with Crippen LogP contribution in [0.25, 0.3) is 109 Å². The van der Waals surface area contributed by atoms with Gasteiger partial charge in [0.1, 0.15) is 0 Å². The van der Waals surface area contributed by atoms with Gasteiger partial charge in [0.05, 0.1) is 34.2 Å². The Morgan fingerprint density at radius 2 is 1.02 bits per heavy atom. The molecule has 0 spiro atoms. The zero-order chi connectivity index (χ0) is 35.0. The highest BCUT2D eigenvalue weighted by Crippen LogP contribution is 2.47. The zero-order valence-corrected chi connectivity index (χ0v) is 28.5. The molecule has 0 fully saturated rings. The molecule has 0 saturated carbocycles. The number of aromatic nitrogens is 3. The molecule has 0 N–H and O–H groups in total. The molecule has 4 heteroatoms. The van der Waals surface area contributed by atoms with Gasteiger partial charge in [-0.3, -0.25) is 0 Å². The first kappa shape index (κ1) is 29.4. The van der Waals surface area contributed by atoms with Crippen molar-refractivity contribution >= 4 is 81.9 Å². The summed E-state index contributed by atoms with van der Waals surface area (Å²) < 4.78 is 2.28. The zero-order valence-electron chi connectivity index (χ0n) is 28.5. The summed E-state index contributed by atoms with van der Waals surface area (Å²) in [4.78, 5) is 14.0. The Bertz CT molecular complexity index is 3290. The topological polar surface area (TPSA) is 35.1 Å². The van der Waals surface area contributed by atoms with Crippen molar-refractivity contribution in [3.8, 4) is 27.9 Å². The Balaban J connectivity index is 1.23. The maximum absolute atomic E-state index is 7.73. The quantitative estimate of drug-likeness (QED) is 0.106. The van der Waals surface area contributed by atoms with E-state index in [1.165, 1.54) is 32.7 Å². The molecule has 9 aromatic carbocycles. The van der Waals surface area contributed by atoms with Gasteiger partial charge in [0.2, 0.25) is 0 Å². The molecule has 53 heavy (non-hydrogen) atoms. The maximum atomic E-state index is 7.73. The van der Waals surface area contributed by atoms with E-state index in [9.17, 15) is 0 Å². The summed E-state index contributed by atoms with van der Waals surface area (Å²) in [7, 11) is 0. The van der Waals surface area contributed by atoms with E-state index in [1.807, 2.05) is 42.5 Å². The van der Waals surface area contributed by atoms with Gasteiger partial charge in [-0.15, -0.1) is 0 Å². The summed E-state index contributed by atoms with van der Waals surface area (Å²) >= 11 is 0. The number of hydrogen-bond donors (Lipinski definition) is 0. The number of rotatable bonds is 3.